The number of rotatable bonds is 7. The number of benzene rings is 2. The van der Waals surface area contributed by atoms with Gasteiger partial charge in [0.15, 0.2) is 6.29 Å². The van der Waals surface area contributed by atoms with E-state index in [2.05, 4.69) is 16.5 Å². The highest BCUT2D eigenvalue weighted by molar-refractivity contribution is 7.89. The molecule has 3 aliphatic rings. The summed E-state index contributed by atoms with van der Waals surface area (Å²) in [6.45, 7) is 7.35. The lowest BCUT2D eigenvalue weighted by atomic mass is 9.64. The summed E-state index contributed by atoms with van der Waals surface area (Å²) < 4.78 is 41.9. The molecule has 2 aliphatic heterocycles. The van der Waals surface area contributed by atoms with Crippen molar-refractivity contribution < 1.29 is 28.0 Å². The van der Waals surface area contributed by atoms with Gasteiger partial charge in [-0.05, 0) is 75.3 Å². The van der Waals surface area contributed by atoms with E-state index in [1.54, 1.807) is 6.07 Å². The molecule has 6 unspecified atom stereocenters. The van der Waals surface area contributed by atoms with E-state index in [-0.39, 0.29) is 19.8 Å². The van der Waals surface area contributed by atoms with E-state index in [0.29, 0.717) is 35.1 Å². The second kappa shape index (κ2) is 16.8. The fraction of sp³-hybridized carbons (Fsp3) is 0.688. The Bertz CT molecular complexity index is 1160. The lowest BCUT2D eigenvalue weighted by molar-refractivity contribution is -0.248. The van der Waals surface area contributed by atoms with Gasteiger partial charge >= 0.3 is 0 Å². The van der Waals surface area contributed by atoms with E-state index in [1.807, 2.05) is 63.2 Å². The van der Waals surface area contributed by atoms with Crippen LogP contribution in [0.5, 0.6) is 0 Å². The number of nitrogens with zero attached hydrogens (tertiary/aromatic N) is 1. The molecule has 6 atom stereocenters. The largest absolute Gasteiger partial charge is 0.377 e. The molecule has 9 heteroatoms. The Kier molecular flexibility index (Phi) is 14.5. The van der Waals surface area contributed by atoms with Crippen LogP contribution in [0.25, 0.3) is 10.8 Å². The Labute approximate surface area is 248 Å². The summed E-state index contributed by atoms with van der Waals surface area (Å²) in [7, 11) is 1.53. The summed E-state index contributed by atoms with van der Waals surface area (Å²) in [5.74, 6) is 2.34. The molecule has 8 nitrogen and oxygen atoms in total. The highest BCUT2D eigenvalue weighted by atomic mass is 32.2. The van der Waals surface area contributed by atoms with Crippen molar-refractivity contribution in [1.29, 1.82) is 0 Å². The van der Waals surface area contributed by atoms with Gasteiger partial charge in [0.2, 0.25) is 10.0 Å². The average Bonchev–Trinajstić information content (AvgIpc) is 3.12. The maximum atomic E-state index is 13.2. The summed E-state index contributed by atoms with van der Waals surface area (Å²) in [6, 6.07) is 11.3. The fourth-order valence-corrected chi connectivity index (χ4v) is 8.12. The molecular formula is C32H54N2O6S. The quantitative estimate of drug-likeness (QED) is 0.204. The zero-order valence-electron chi connectivity index (χ0n) is 25.1. The first-order valence-corrected chi connectivity index (χ1v) is 16.4. The van der Waals surface area contributed by atoms with Gasteiger partial charge in [-0.25, -0.2) is 18.0 Å². The van der Waals surface area contributed by atoms with Crippen LogP contribution in [-0.4, -0.2) is 60.4 Å². The average molecular weight is 595 g/mol. The molecule has 2 heterocycles. The van der Waals surface area contributed by atoms with E-state index in [4.69, 9.17) is 14.7 Å². The lowest BCUT2D eigenvalue weighted by Crippen LogP contribution is -2.48. The maximum Gasteiger partial charge on any atom is 0.241 e. The van der Waals surface area contributed by atoms with Gasteiger partial charge in [0, 0.05) is 43.0 Å². The number of fused-ring (bicyclic) bond motifs is 1. The van der Waals surface area contributed by atoms with Crippen molar-refractivity contribution in [3.8, 4) is 0 Å². The van der Waals surface area contributed by atoms with Gasteiger partial charge < -0.3 is 14.4 Å². The molecule has 234 valence electrons. The maximum absolute atomic E-state index is 13.2. The normalized spacial score (nSPS) is 27.1. The predicted molar refractivity (Wildman–Crippen MR) is 168 cm³/mol. The predicted octanol–water partition coefficient (Wildman–Crippen LogP) is 6.94. The zero-order valence-corrected chi connectivity index (χ0v) is 26.0. The van der Waals surface area contributed by atoms with Crippen molar-refractivity contribution in [2.75, 3.05) is 39.3 Å². The van der Waals surface area contributed by atoms with Crippen LogP contribution < -0.4 is 9.62 Å². The second-order valence-electron chi connectivity index (χ2n) is 11.2. The van der Waals surface area contributed by atoms with Gasteiger partial charge in [-0.15, -0.1) is 0 Å². The molecule has 41 heavy (non-hydrogen) atoms. The van der Waals surface area contributed by atoms with Crippen molar-refractivity contribution in [3.63, 3.8) is 0 Å². The molecule has 5 rings (SSSR count). The second-order valence-corrected chi connectivity index (χ2v) is 12.9. The van der Waals surface area contributed by atoms with Crippen LogP contribution in [0.15, 0.2) is 41.3 Å². The molecule has 3 fully saturated rings. The Morgan fingerprint density at radius 2 is 1.73 bits per heavy atom. The zero-order chi connectivity index (χ0) is 29.3. The molecule has 2 aromatic carbocycles. The van der Waals surface area contributed by atoms with Gasteiger partial charge in [0.1, 0.15) is 0 Å². The van der Waals surface area contributed by atoms with Gasteiger partial charge in [-0.3, -0.25) is 5.26 Å². The molecule has 0 aromatic heterocycles. The summed E-state index contributed by atoms with van der Waals surface area (Å²) in [4.78, 5) is 5.61. The van der Waals surface area contributed by atoms with E-state index in [1.165, 1.54) is 32.8 Å². The molecule has 0 amide bonds. The van der Waals surface area contributed by atoms with Crippen LogP contribution in [0, 0.1) is 23.7 Å². The minimum Gasteiger partial charge on any atom is -0.377 e. The van der Waals surface area contributed by atoms with Gasteiger partial charge in [-0.2, -0.15) is 0 Å². The van der Waals surface area contributed by atoms with Crippen molar-refractivity contribution in [2.24, 2.45) is 23.7 Å². The third-order valence-corrected chi connectivity index (χ3v) is 10.0. The molecule has 0 spiro atoms. The number of hydrogen-bond acceptors (Lipinski definition) is 7. The van der Waals surface area contributed by atoms with Crippen molar-refractivity contribution >= 4 is 26.5 Å². The SMILES string of the molecule is C.CC.CC1CCC2CCCC3C(CCCNS(=O)(=O)c4cccc5c(N(C)C)cccc45)COC(O1)C23.COO. The molecule has 2 saturated heterocycles. The standard InChI is InChI=1S/C28H40N2O4S.C2H6.CH4O2.CH4/c1-19-15-16-20-8-4-10-22-21(18-33-28(34-19)27(20)22)9-7-17-29-35(31,32)26-14-6-11-23-24(26)12-5-13-25(23)30(2)3;1-2;1-3-2;/h5-6,11-14,19-22,27-29H,4,7-10,15-18H2,1-3H3;1-2H3;2H,1H3;1H4. The summed E-state index contributed by atoms with van der Waals surface area (Å²) in [5.41, 5.74) is 1.01. The third-order valence-electron chi connectivity index (χ3n) is 8.53. The van der Waals surface area contributed by atoms with Crippen molar-refractivity contribution in [1.82, 2.24) is 4.72 Å². The van der Waals surface area contributed by atoms with Crippen LogP contribution in [-0.2, 0) is 24.4 Å². The van der Waals surface area contributed by atoms with Gasteiger partial charge in [0.25, 0.3) is 0 Å². The monoisotopic (exact) mass is 594 g/mol. The molecule has 2 aromatic rings. The first kappa shape index (κ1) is 35.4. The molecule has 0 radical (unpaired) electrons. The summed E-state index contributed by atoms with van der Waals surface area (Å²) in [5, 5.41) is 8.77. The molecular weight excluding hydrogens is 540 g/mol. The van der Waals surface area contributed by atoms with E-state index < -0.39 is 10.0 Å². The number of ether oxygens (including phenoxy) is 2. The molecule has 2 N–H and O–H groups in total. The number of sulfonamides is 1. The Hall–Kier alpha value is -1.75. The molecule has 0 bridgehead atoms. The topological polar surface area (TPSA) is 97.3 Å². The van der Waals surface area contributed by atoms with E-state index in [9.17, 15) is 8.42 Å². The molecule has 1 aliphatic carbocycles. The smallest absolute Gasteiger partial charge is 0.241 e. The van der Waals surface area contributed by atoms with Gasteiger partial charge in [0.05, 0.1) is 24.7 Å². The van der Waals surface area contributed by atoms with E-state index >= 15 is 0 Å². The van der Waals surface area contributed by atoms with Crippen LogP contribution in [0.3, 0.4) is 0 Å². The van der Waals surface area contributed by atoms with Crippen LogP contribution in [0.1, 0.15) is 73.1 Å². The van der Waals surface area contributed by atoms with Gasteiger partial charge in [-0.1, -0.05) is 52.0 Å². The summed E-state index contributed by atoms with van der Waals surface area (Å²) in [6.07, 6.45) is 8.25. The Morgan fingerprint density at radius 3 is 2.44 bits per heavy atom. The summed E-state index contributed by atoms with van der Waals surface area (Å²) >= 11 is 0. The van der Waals surface area contributed by atoms with Crippen LogP contribution >= 0.6 is 0 Å². The lowest BCUT2D eigenvalue weighted by Gasteiger charge is -2.48. The highest BCUT2D eigenvalue weighted by Gasteiger charge is 2.47. The van der Waals surface area contributed by atoms with E-state index in [0.717, 1.165) is 42.3 Å². The Balaban J connectivity index is 0.000000921. The highest BCUT2D eigenvalue weighted by Crippen LogP contribution is 2.49. The van der Waals surface area contributed by atoms with Crippen molar-refractivity contribution in [2.45, 2.75) is 90.4 Å². The van der Waals surface area contributed by atoms with Crippen molar-refractivity contribution in [3.05, 3.63) is 36.4 Å². The minimum absolute atomic E-state index is 0. The number of anilines is 1. The Morgan fingerprint density at radius 1 is 1.05 bits per heavy atom. The fourth-order valence-electron chi connectivity index (χ4n) is 6.82. The number of hydrogen-bond donors (Lipinski definition) is 2. The first-order chi connectivity index (χ1) is 19.3. The third kappa shape index (κ3) is 8.65. The first-order valence-electron chi connectivity index (χ1n) is 14.9. The number of nitrogens with one attached hydrogen (secondary N) is 1. The minimum atomic E-state index is -3.60. The molecule has 1 saturated carbocycles. The van der Waals surface area contributed by atoms with Crippen LogP contribution in [0.2, 0.25) is 0 Å². The van der Waals surface area contributed by atoms with Crippen LogP contribution in [0.4, 0.5) is 5.69 Å².